The minimum absolute atomic E-state index is 0.00827. The van der Waals surface area contributed by atoms with Crippen molar-refractivity contribution in [3.8, 4) is 0 Å². The molecule has 0 aliphatic heterocycles. The van der Waals surface area contributed by atoms with Crippen LogP contribution in [0.1, 0.15) is 15.9 Å². The molecule has 0 aliphatic rings. The summed E-state index contributed by atoms with van der Waals surface area (Å²) >= 11 is 5.60. The molecule has 1 aromatic carbocycles. The zero-order chi connectivity index (χ0) is 10.6. The number of aryl methyl sites for hydroxylation is 1. The lowest BCUT2D eigenvalue weighted by Gasteiger charge is -2.04. The summed E-state index contributed by atoms with van der Waals surface area (Å²) in [5.74, 6) is -0.00827. The highest BCUT2D eigenvalue weighted by Gasteiger charge is 2.05. The van der Waals surface area contributed by atoms with Crippen molar-refractivity contribution in [3.63, 3.8) is 0 Å². The summed E-state index contributed by atoms with van der Waals surface area (Å²) < 4.78 is 1.87. The predicted octanol–water partition coefficient (Wildman–Crippen LogP) is 2.92. The second-order valence-corrected chi connectivity index (χ2v) is 4.96. The number of amides is 1. The number of carbonyl (C=O) groups excluding carboxylic acids is 1. The molecule has 0 bridgehead atoms. The van der Waals surface area contributed by atoms with Crippen molar-refractivity contribution in [1.29, 1.82) is 0 Å². The largest absolute Gasteiger partial charge is 0.351 e. The minimum atomic E-state index is -0.00827. The van der Waals surface area contributed by atoms with Gasteiger partial charge in [0.15, 0.2) is 0 Å². The Bertz CT molecular complexity index is 321. The third-order valence-corrected chi connectivity index (χ3v) is 2.68. The molecule has 4 heteroatoms. The molecular weight excluding hydrogens is 357 g/mol. The molecular formula is C10H11BrINO. The Morgan fingerprint density at radius 3 is 2.79 bits per heavy atom. The third kappa shape index (κ3) is 3.57. The molecule has 0 atom stereocenters. The summed E-state index contributed by atoms with van der Waals surface area (Å²) in [4.78, 5) is 11.6. The van der Waals surface area contributed by atoms with Crippen LogP contribution in [0, 0.1) is 6.92 Å². The lowest BCUT2D eigenvalue weighted by atomic mass is 10.1. The maximum atomic E-state index is 11.6. The molecule has 1 rings (SSSR count). The van der Waals surface area contributed by atoms with Gasteiger partial charge in [-0.05, 0) is 30.7 Å². The van der Waals surface area contributed by atoms with Crippen molar-refractivity contribution < 1.29 is 4.79 Å². The zero-order valence-corrected chi connectivity index (χ0v) is 11.6. The molecule has 76 valence electrons. The van der Waals surface area contributed by atoms with Crippen LogP contribution in [0.25, 0.3) is 0 Å². The van der Waals surface area contributed by atoms with Gasteiger partial charge in [0.25, 0.3) is 5.91 Å². The van der Waals surface area contributed by atoms with Crippen LogP contribution in [0.4, 0.5) is 0 Å². The van der Waals surface area contributed by atoms with E-state index in [1.165, 1.54) is 0 Å². The standard InChI is InChI=1S/C10H11BrINO/c1-7-4-8(6-9(11)5-7)10(14)13-3-2-12/h4-6H,2-3H2,1H3,(H,13,14). The van der Waals surface area contributed by atoms with Gasteiger partial charge >= 0.3 is 0 Å². The number of rotatable bonds is 3. The third-order valence-electron chi connectivity index (χ3n) is 1.68. The Morgan fingerprint density at radius 2 is 2.21 bits per heavy atom. The minimum Gasteiger partial charge on any atom is -0.351 e. The first kappa shape index (κ1) is 12.0. The molecule has 0 heterocycles. The molecule has 0 aliphatic carbocycles. The summed E-state index contributed by atoms with van der Waals surface area (Å²) in [7, 11) is 0. The first-order valence-electron chi connectivity index (χ1n) is 4.25. The molecule has 0 radical (unpaired) electrons. The van der Waals surface area contributed by atoms with Crippen molar-refractivity contribution in [2.24, 2.45) is 0 Å². The molecule has 0 saturated carbocycles. The number of nitrogens with one attached hydrogen (secondary N) is 1. The van der Waals surface area contributed by atoms with Gasteiger partial charge in [0, 0.05) is 21.0 Å². The van der Waals surface area contributed by atoms with Crippen molar-refractivity contribution >= 4 is 44.4 Å². The van der Waals surface area contributed by atoms with Crippen LogP contribution in [0.2, 0.25) is 0 Å². The highest BCUT2D eigenvalue weighted by molar-refractivity contribution is 14.1. The summed E-state index contributed by atoms with van der Waals surface area (Å²) in [6.45, 7) is 2.69. The highest BCUT2D eigenvalue weighted by Crippen LogP contribution is 2.15. The number of hydrogen-bond donors (Lipinski definition) is 1. The first-order valence-corrected chi connectivity index (χ1v) is 6.56. The van der Waals surface area contributed by atoms with E-state index in [-0.39, 0.29) is 5.91 Å². The Kier molecular flexibility index (Phi) is 4.88. The van der Waals surface area contributed by atoms with Gasteiger partial charge in [0.1, 0.15) is 0 Å². The second kappa shape index (κ2) is 5.70. The SMILES string of the molecule is Cc1cc(Br)cc(C(=O)NCCI)c1. The molecule has 0 fully saturated rings. The van der Waals surface area contributed by atoms with Crippen molar-refractivity contribution in [2.45, 2.75) is 6.92 Å². The van der Waals surface area contributed by atoms with E-state index in [4.69, 9.17) is 0 Å². The number of hydrogen-bond acceptors (Lipinski definition) is 1. The Labute approximate surface area is 106 Å². The van der Waals surface area contributed by atoms with Gasteiger partial charge in [-0.2, -0.15) is 0 Å². The number of alkyl halides is 1. The lowest BCUT2D eigenvalue weighted by molar-refractivity contribution is 0.0956. The quantitative estimate of drug-likeness (QED) is 0.646. The lowest BCUT2D eigenvalue weighted by Crippen LogP contribution is -2.25. The molecule has 0 spiro atoms. The van der Waals surface area contributed by atoms with Crippen molar-refractivity contribution in [2.75, 3.05) is 11.0 Å². The summed E-state index contributed by atoms with van der Waals surface area (Å²) in [6, 6.07) is 5.69. The van der Waals surface area contributed by atoms with Gasteiger partial charge in [-0.15, -0.1) is 0 Å². The van der Waals surface area contributed by atoms with E-state index < -0.39 is 0 Å². The van der Waals surface area contributed by atoms with Crippen LogP contribution in [-0.2, 0) is 0 Å². The van der Waals surface area contributed by atoms with Crippen LogP contribution >= 0.6 is 38.5 Å². The number of benzene rings is 1. The van der Waals surface area contributed by atoms with E-state index in [9.17, 15) is 4.79 Å². The fourth-order valence-corrected chi connectivity index (χ4v) is 2.01. The smallest absolute Gasteiger partial charge is 0.251 e. The Hall–Kier alpha value is -0.100. The molecule has 0 unspecified atom stereocenters. The average molecular weight is 368 g/mol. The maximum absolute atomic E-state index is 11.6. The van der Waals surface area contributed by atoms with Crippen LogP contribution in [0.3, 0.4) is 0 Å². The first-order chi connectivity index (χ1) is 6.63. The topological polar surface area (TPSA) is 29.1 Å². The van der Waals surface area contributed by atoms with Gasteiger partial charge in [0.2, 0.25) is 0 Å². The van der Waals surface area contributed by atoms with E-state index in [0.717, 1.165) is 14.5 Å². The predicted molar refractivity (Wildman–Crippen MR) is 70.1 cm³/mol. The molecule has 0 aromatic heterocycles. The van der Waals surface area contributed by atoms with Crippen LogP contribution in [0.15, 0.2) is 22.7 Å². The van der Waals surface area contributed by atoms with Gasteiger partial charge in [-0.25, -0.2) is 0 Å². The van der Waals surface area contributed by atoms with Gasteiger partial charge < -0.3 is 5.32 Å². The van der Waals surface area contributed by atoms with Crippen LogP contribution in [-0.4, -0.2) is 16.9 Å². The normalized spacial score (nSPS) is 9.93. The van der Waals surface area contributed by atoms with Gasteiger partial charge in [0.05, 0.1) is 0 Å². The van der Waals surface area contributed by atoms with Crippen molar-refractivity contribution in [1.82, 2.24) is 5.32 Å². The zero-order valence-electron chi connectivity index (χ0n) is 7.81. The summed E-state index contributed by atoms with van der Waals surface area (Å²) in [6.07, 6.45) is 0. The van der Waals surface area contributed by atoms with E-state index in [2.05, 4.69) is 43.8 Å². The second-order valence-electron chi connectivity index (χ2n) is 2.96. The maximum Gasteiger partial charge on any atom is 0.251 e. The number of halogens is 2. The molecule has 1 amide bonds. The van der Waals surface area contributed by atoms with Gasteiger partial charge in [-0.3, -0.25) is 4.79 Å². The Morgan fingerprint density at radius 1 is 1.50 bits per heavy atom. The Balaban J connectivity index is 2.79. The van der Waals surface area contributed by atoms with Gasteiger partial charge in [-0.1, -0.05) is 38.5 Å². The molecule has 2 nitrogen and oxygen atoms in total. The monoisotopic (exact) mass is 367 g/mol. The molecule has 1 aromatic rings. The fourth-order valence-electron chi connectivity index (χ4n) is 1.13. The number of carbonyl (C=O) groups is 1. The van der Waals surface area contributed by atoms with E-state index in [0.29, 0.717) is 12.1 Å². The van der Waals surface area contributed by atoms with Crippen LogP contribution in [0.5, 0.6) is 0 Å². The fraction of sp³-hybridized carbons (Fsp3) is 0.300. The van der Waals surface area contributed by atoms with Crippen LogP contribution < -0.4 is 5.32 Å². The molecule has 14 heavy (non-hydrogen) atoms. The van der Waals surface area contributed by atoms with Crippen molar-refractivity contribution in [3.05, 3.63) is 33.8 Å². The molecule has 1 N–H and O–H groups in total. The van der Waals surface area contributed by atoms with E-state index >= 15 is 0 Å². The summed E-state index contributed by atoms with van der Waals surface area (Å²) in [5.41, 5.74) is 1.79. The van der Waals surface area contributed by atoms with E-state index in [1.54, 1.807) is 0 Å². The summed E-state index contributed by atoms with van der Waals surface area (Å²) in [5, 5.41) is 2.84. The van der Waals surface area contributed by atoms with E-state index in [1.807, 2.05) is 25.1 Å². The molecule has 0 saturated heterocycles. The average Bonchev–Trinajstić information content (AvgIpc) is 2.12. The highest BCUT2D eigenvalue weighted by atomic mass is 127.